The molecule has 6 nitrogen and oxygen atoms in total. The van der Waals surface area contributed by atoms with Gasteiger partial charge < -0.3 is 0 Å². The Morgan fingerprint density at radius 3 is 2.76 bits per heavy atom. The van der Waals surface area contributed by atoms with E-state index < -0.39 is 0 Å². The Morgan fingerprint density at radius 2 is 2.07 bits per heavy atom. The number of aromatic amines is 1. The van der Waals surface area contributed by atoms with Crippen LogP contribution in [0.15, 0.2) is 41.9 Å². The molecule has 1 amide bonds. The number of hydrogen-bond donors (Lipinski definition) is 2. The van der Waals surface area contributed by atoms with Gasteiger partial charge in [0.1, 0.15) is 0 Å². The summed E-state index contributed by atoms with van der Waals surface area (Å²) in [6, 6.07) is 10.1. The van der Waals surface area contributed by atoms with E-state index in [1.165, 1.54) is 16.9 Å². The van der Waals surface area contributed by atoms with E-state index in [1.54, 1.807) is 6.20 Å². The van der Waals surface area contributed by atoms with Crippen molar-refractivity contribution in [1.82, 2.24) is 20.1 Å². The Balaban J connectivity index is 1.41. The van der Waals surface area contributed by atoms with Crippen molar-refractivity contribution in [2.24, 2.45) is 0 Å². The van der Waals surface area contributed by atoms with Crippen LogP contribution in [0.1, 0.15) is 67.0 Å². The summed E-state index contributed by atoms with van der Waals surface area (Å²) >= 11 is 1.49. The van der Waals surface area contributed by atoms with Crippen LogP contribution in [0, 0.1) is 0 Å². The Hall–Kier alpha value is -2.51. The Labute approximate surface area is 175 Å². The maximum absolute atomic E-state index is 12.6. The number of rotatable bonds is 5. The number of nitrogens with one attached hydrogen (secondary N) is 2. The quantitative estimate of drug-likeness (QED) is 0.638. The van der Waals surface area contributed by atoms with Gasteiger partial charge in [-0.15, -0.1) is 11.3 Å². The highest BCUT2D eigenvalue weighted by molar-refractivity contribution is 7.14. The van der Waals surface area contributed by atoms with Gasteiger partial charge in [-0.25, -0.2) is 4.98 Å². The molecule has 152 valence electrons. The summed E-state index contributed by atoms with van der Waals surface area (Å²) in [5, 5.41) is 12.7. The average molecular weight is 410 g/mol. The highest BCUT2D eigenvalue weighted by Gasteiger charge is 2.28. The van der Waals surface area contributed by atoms with Crippen molar-refractivity contribution >= 4 is 22.4 Å². The van der Waals surface area contributed by atoms with Crippen LogP contribution in [0.5, 0.6) is 0 Å². The number of benzene rings is 1. The highest BCUT2D eigenvalue weighted by atomic mass is 32.1. The standard InChI is InChI=1S/C22H27N5OS/c1-22(2,3)16-8-6-15(7-9-16)20(28)25-21-24-18(14-29-21)19-5-4-12-27(19)13-17-10-11-23-26-17/h6-11,14,19H,4-5,12-13H2,1-3H3,(H,23,26)(H,24,25,28). The zero-order chi connectivity index (χ0) is 20.4. The number of aromatic nitrogens is 3. The first-order chi connectivity index (χ1) is 13.9. The lowest BCUT2D eigenvalue weighted by molar-refractivity contribution is 0.102. The van der Waals surface area contributed by atoms with Crippen molar-refractivity contribution in [2.75, 3.05) is 11.9 Å². The largest absolute Gasteiger partial charge is 0.298 e. The monoisotopic (exact) mass is 409 g/mol. The Morgan fingerprint density at radius 1 is 1.28 bits per heavy atom. The molecule has 1 saturated heterocycles. The van der Waals surface area contributed by atoms with Crippen molar-refractivity contribution in [1.29, 1.82) is 0 Å². The van der Waals surface area contributed by atoms with Gasteiger partial charge in [-0.3, -0.25) is 20.1 Å². The van der Waals surface area contributed by atoms with E-state index in [4.69, 9.17) is 4.98 Å². The lowest BCUT2D eigenvalue weighted by Gasteiger charge is -2.22. The van der Waals surface area contributed by atoms with Gasteiger partial charge in [0.05, 0.1) is 11.7 Å². The maximum atomic E-state index is 12.6. The molecule has 3 aromatic rings. The number of carbonyl (C=O) groups excluding carboxylic acids is 1. The lowest BCUT2D eigenvalue weighted by Crippen LogP contribution is -2.23. The number of H-pyrrole nitrogens is 1. The van der Waals surface area contributed by atoms with Crippen molar-refractivity contribution in [3.05, 3.63) is 64.4 Å². The summed E-state index contributed by atoms with van der Waals surface area (Å²) in [6.07, 6.45) is 4.02. The molecule has 1 aliphatic heterocycles. The Bertz CT molecular complexity index is 956. The topological polar surface area (TPSA) is 73.9 Å². The molecule has 1 fully saturated rings. The third-order valence-corrected chi connectivity index (χ3v) is 6.17. The Kier molecular flexibility index (Phi) is 5.52. The van der Waals surface area contributed by atoms with Crippen molar-refractivity contribution in [3.63, 3.8) is 0 Å². The molecule has 1 atom stereocenters. The van der Waals surface area contributed by atoms with Crippen LogP contribution in [-0.2, 0) is 12.0 Å². The van der Waals surface area contributed by atoms with Crippen LogP contribution in [0.4, 0.5) is 5.13 Å². The van der Waals surface area contributed by atoms with Crippen LogP contribution in [0.3, 0.4) is 0 Å². The lowest BCUT2D eigenvalue weighted by atomic mass is 9.87. The summed E-state index contributed by atoms with van der Waals surface area (Å²) in [7, 11) is 0. The molecule has 1 aromatic carbocycles. The van der Waals surface area contributed by atoms with Gasteiger partial charge in [-0.05, 0) is 48.6 Å². The van der Waals surface area contributed by atoms with E-state index in [2.05, 4.69) is 46.6 Å². The predicted molar refractivity (Wildman–Crippen MR) is 116 cm³/mol. The average Bonchev–Trinajstić information content (AvgIpc) is 3.43. The summed E-state index contributed by atoms with van der Waals surface area (Å²) in [5.74, 6) is -0.118. The van der Waals surface area contributed by atoms with E-state index >= 15 is 0 Å². The fourth-order valence-corrected chi connectivity index (χ4v) is 4.48. The normalized spacial score (nSPS) is 17.6. The highest BCUT2D eigenvalue weighted by Crippen LogP contribution is 2.34. The summed E-state index contributed by atoms with van der Waals surface area (Å²) < 4.78 is 0. The summed E-state index contributed by atoms with van der Waals surface area (Å²) in [6.45, 7) is 8.38. The molecular weight excluding hydrogens is 382 g/mol. The molecule has 4 rings (SSSR count). The van der Waals surface area contributed by atoms with E-state index in [0.717, 1.165) is 37.3 Å². The molecule has 2 aromatic heterocycles. The number of nitrogens with zero attached hydrogens (tertiary/aromatic N) is 3. The van der Waals surface area contributed by atoms with Crippen molar-refractivity contribution < 1.29 is 4.79 Å². The van der Waals surface area contributed by atoms with Gasteiger partial charge in [0, 0.05) is 29.4 Å². The molecule has 0 bridgehead atoms. The predicted octanol–water partition coefficient (Wildman–Crippen LogP) is 4.75. The van der Waals surface area contributed by atoms with Gasteiger partial charge in [-0.2, -0.15) is 5.10 Å². The molecule has 0 aliphatic carbocycles. The second-order valence-corrected chi connectivity index (χ2v) is 9.43. The fourth-order valence-electron chi connectivity index (χ4n) is 3.73. The number of thiazole rings is 1. The number of hydrogen-bond acceptors (Lipinski definition) is 5. The summed E-state index contributed by atoms with van der Waals surface area (Å²) in [5.41, 5.74) is 4.08. The van der Waals surface area contributed by atoms with Gasteiger partial charge in [0.25, 0.3) is 5.91 Å². The minimum Gasteiger partial charge on any atom is -0.298 e. The zero-order valence-corrected chi connectivity index (χ0v) is 17.9. The van der Waals surface area contributed by atoms with Crippen LogP contribution < -0.4 is 5.32 Å². The zero-order valence-electron chi connectivity index (χ0n) is 17.1. The van der Waals surface area contributed by atoms with Crippen molar-refractivity contribution in [2.45, 2.75) is 51.6 Å². The molecule has 7 heteroatoms. The number of carbonyl (C=O) groups is 1. The first-order valence-electron chi connectivity index (χ1n) is 10.00. The molecular formula is C22H27N5OS. The van der Waals surface area contributed by atoms with E-state index in [-0.39, 0.29) is 17.4 Å². The SMILES string of the molecule is CC(C)(C)c1ccc(C(=O)Nc2nc(C3CCCN3Cc3ccn[nH]3)cs2)cc1. The van der Waals surface area contributed by atoms with E-state index in [0.29, 0.717) is 10.7 Å². The third kappa shape index (κ3) is 4.57. The molecule has 1 unspecified atom stereocenters. The minimum atomic E-state index is -0.118. The van der Waals surface area contributed by atoms with E-state index in [9.17, 15) is 4.79 Å². The van der Waals surface area contributed by atoms with Gasteiger partial charge >= 0.3 is 0 Å². The van der Waals surface area contributed by atoms with Crippen LogP contribution in [0.2, 0.25) is 0 Å². The molecule has 0 spiro atoms. The molecule has 2 N–H and O–H groups in total. The van der Waals surface area contributed by atoms with Crippen molar-refractivity contribution in [3.8, 4) is 0 Å². The van der Waals surface area contributed by atoms with Crippen LogP contribution in [-0.4, -0.2) is 32.5 Å². The van der Waals surface area contributed by atoms with Crippen LogP contribution in [0.25, 0.3) is 0 Å². The molecule has 0 radical (unpaired) electrons. The third-order valence-electron chi connectivity index (χ3n) is 5.39. The smallest absolute Gasteiger partial charge is 0.257 e. The van der Waals surface area contributed by atoms with E-state index in [1.807, 2.05) is 30.3 Å². The molecule has 29 heavy (non-hydrogen) atoms. The van der Waals surface area contributed by atoms with Gasteiger partial charge in [0.2, 0.25) is 0 Å². The van der Waals surface area contributed by atoms with Gasteiger partial charge in [-0.1, -0.05) is 32.9 Å². The second-order valence-electron chi connectivity index (χ2n) is 8.57. The number of amides is 1. The summed E-state index contributed by atoms with van der Waals surface area (Å²) in [4.78, 5) is 19.7. The molecule has 0 saturated carbocycles. The van der Waals surface area contributed by atoms with Gasteiger partial charge in [0.15, 0.2) is 5.13 Å². The number of anilines is 1. The maximum Gasteiger partial charge on any atom is 0.257 e. The minimum absolute atomic E-state index is 0.0720. The fraction of sp³-hybridized carbons (Fsp3) is 0.409. The second kappa shape index (κ2) is 8.08. The molecule has 1 aliphatic rings. The first kappa shape index (κ1) is 19.8. The first-order valence-corrected chi connectivity index (χ1v) is 10.9. The number of likely N-dealkylation sites (tertiary alicyclic amines) is 1. The molecule has 3 heterocycles. The van der Waals surface area contributed by atoms with Crippen LogP contribution >= 0.6 is 11.3 Å².